The maximum atomic E-state index is 15.3. The lowest BCUT2D eigenvalue weighted by Crippen LogP contribution is -2.64. The first-order valence-corrected chi connectivity index (χ1v) is 21.5. The maximum Gasteiger partial charge on any atom is 0.254 e. The highest BCUT2D eigenvalue weighted by atomic mass is 19.1. The van der Waals surface area contributed by atoms with Crippen LogP contribution >= 0.6 is 0 Å². The predicted molar refractivity (Wildman–Crippen MR) is 242 cm³/mol. The Morgan fingerprint density at radius 3 is 2.04 bits per heavy atom. The van der Waals surface area contributed by atoms with Crippen LogP contribution in [0.4, 0.5) is 8.78 Å². The molecule has 0 unspecified atom stereocenters. The first-order valence-electron chi connectivity index (χ1n) is 21.5. The number of nitrogens with one attached hydrogen (secondary N) is 4. The van der Waals surface area contributed by atoms with Crippen molar-refractivity contribution in [1.82, 2.24) is 35.6 Å². The van der Waals surface area contributed by atoms with Crippen LogP contribution in [-0.2, 0) is 54.5 Å². The summed E-state index contributed by atoms with van der Waals surface area (Å²) in [6, 6.07) is 9.04. The van der Waals surface area contributed by atoms with E-state index in [0.29, 0.717) is 10.6 Å². The molecular formula is C46H56F2N10O11. The Balaban J connectivity index is 1.72. The van der Waals surface area contributed by atoms with E-state index in [2.05, 4.69) is 21.3 Å². The SMILES string of the molecule is CC(=O)[C@@](N)(CC(N)=O)C(=O)N[C@@H](CC(N)=O)C(=O)N[C@@H](CCN(C(=O)CO)[C@@H](c1cc(-c2cc(F)ccc2F)cn1Cc1ccccc1)C(C)(C)C)C(=O)NCCNC(=O)CN1C(=O)C=CC1=O. The zero-order valence-electron chi connectivity index (χ0n) is 38.4. The molecule has 0 aliphatic carbocycles. The van der Waals surface area contributed by atoms with Crippen LogP contribution < -0.4 is 38.5 Å². The Bertz CT molecular complexity index is 2490. The first-order chi connectivity index (χ1) is 32.4. The van der Waals surface area contributed by atoms with Gasteiger partial charge in [-0.05, 0) is 48.6 Å². The highest BCUT2D eigenvalue weighted by Crippen LogP contribution is 2.41. The zero-order chi connectivity index (χ0) is 51.4. The Labute approximate surface area is 395 Å². The summed E-state index contributed by atoms with van der Waals surface area (Å²) in [6.45, 7) is 3.76. The molecule has 0 spiro atoms. The fourth-order valence-corrected chi connectivity index (χ4v) is 7.54. The second kappa shape index (κ2) is 23.4. The van der Waals surface area contributed by atoms with Crippen molar-refractivity contribution in [3.8, 4) is 11.1 Å². The van der Waals surface area contributed by atoms with E-state index in [1.807, 2.05) is 12.1 Å². The van der Waals surface area contributed by atoms with E-state index in [4.69, 9.17) is 17.2 Å². The minimum absolute atomic E-state index is 0.0798. The van der Waals surface area contributed by atoms with Gasteiger partial charge < -0.3 is 53.0 Å². The number of amides is 9. The van der Waals surface area contributed by atoms with Crippen molar-refractivity contribution in [1.29, 1.82) is 0 Å². The van der Waals surface area contributed by atoms with Crippen molar-refractivity contribution in [3.63, 3.8) is 0 Å². The molecule has 21 nitrogen and oxygen atoms in total. The molecule has 1 aromatic heterocycles. The van der Waals surface area contributed by atoms with Crippen molar-refractivity contribution < 1.29 is 61.8 Å². The summed E-state index contributed by atoms with van der Waals surface area (Å²) in [5.41, 5.74) is 14.4. The third-order valence-electron chi connectivity index (χ3n) is 11.0. The van der Waals surface area contributed by atoms with Crippen molar-refractivity contribution >= 4 is 58.9 Å². The first kappa shape index (κ1) is 54.0. The molecule has 3 aromatic rings. The van der Waals surface area contributed by atoms with E-state index in [-0.39, 0.29) is 30.8 Å². The number of aliphatic hydroxyl groups is 1. The van der Waals surface area contributed by atoms with Gasteiger partial charge in [0.2, 0.25) is 41.4 Å². The van der Waals surface area contributed by atoms with Gasteiger partial charge in [-0.15, -0.1) is 0 Å². The number of ketones is 1. The van der Waals surface area contributed by atoms with Gasteiger partial charge in [-0.3, -0.25) is 52.8 Å². The molecule has 2 aromatic carbocycles. The van der Waals surface area contributed by atoms with E-state index >= 15 is 4.39 Å². The van der Waals surface area contributed by atoms with Crippen LogP contribution in [0.25, 0.3) is 11.1 Å². The highest BCUT2D eigenvalue weighted by molar-refractivity contribution is 6.14. The third-order valence-corrected chi connectivity index (χ3v) is 11.0. The minimum Gasteiger partial charge on any atom is -0.387 e. The summed E-state index contributed by atoms with van der Waals surface area (Å²) in [7, 11) is 0. The van der Waals surface area contributed by atoms with Gasteiger partial charge in [0.25, 0.3) is 11.8 Å². The average Bonchev–Trinajstić information content (AvgIpc) is 3.82. The Morgan fingerprint density at radius 2 is 1.46 bits per heavy atom. The number of aromatic nitrogens is 1. The summed E-state index contributed by atoms with van der Waals surface area (Å²) in [6.07, 6.45) is 1.23. The minimum atomic E-state index is -2.58. The standard InChI is InChI=1S/C46H56F2N10O11/c1-26(60)46(51,21-36(50)62)44(69)55-33(20-35(49)61)43(68)54-32(42(67)53-16-15-52-37(63)24-58-38(64)12-13-39(58)65)14-17-57(40(66)25-59)41(45(2,3)4)34-18-28(30-19-29(47)10-11-31(30)48)23-56(34)22-27-8-6-5-7-9-27/h5-13,18-19,23,32-33,41,59H,14-17,20-22,24-25,51H2,1-4H3,(H2,49,61)(H2,50,62)(H,52,63)(H,53,67)(H,54,68)(H,55,69)/t32-,33-,41-,46-/m0/s1. The van der Waals surface area contributed by atoms with Crippen molar-refractivity contribution in [3.05, 3.63) is 95.8 Å². The number of Topliss-reactive ketones (excluding diaryl/α,β-unsaturated/α-hetero) is 1. The molecule has 1 aliphatic rings. The largest absolute Gasteiger partial charge is 0.387 e. The second-order valence-electron chi connectivity index (χ2n) is 17.4. The van der Waals surface area contributed by atoms with Gasteiger partial charge in [-0.1, -0.05) is 51.1 Å². The van der Waals surface area contributed by atoms with Crippen LogP contribution in [0.5, 0.6) is 0 Å². The molecule has 370 valence electrons. The van der Waals surface area contributed by atoms with E-state index in [1.165, 1.54) is 4.90 Å². The highest BCUT2D eigenvalue weighted by Gasteiger charge is 2.43. The van der Waals surface area contributed by atoms with Crippen LogP contribution in [-0.4, -0.2) is 129 Å². The summed E-state index contributed by atoms with van der Waals surface area (Å²) >= 11 is 0. The van der Waals surface area contributed by atoms with Crippen molar-refractivity contribution in [2.24, 2.45) is 22.6 Å². The Hall–Kier alpha value is -7.66. The molecule has 9 amide bonds. The predicted octanol–water partition coefficient (Wildman–Crippen LogP) is -1.06. The Morgan fingerprint density at radius 1 is 0.826 bits per heavy atom. The zero-order valence-corrected chi connectivity index (χ0v) is 38.4. The van der Waals surface area contributed by atoms with Gasteiger partial charge in [-0.25, -0.2) is 8.78 Å². The fourth-order valence-electron chi connectivity index (χ4n) is 7.54. The second-order valence-corrected chi connectivity index (χ2v) is 17.4. The lowest BCUT2D eigenvalue weighted by atomic mass is 9.82. The number of nitrogens with zero attached hydrogens (tertiary/aromatic N) is 3. The molecule has 69 heavy (non-hydrogen) atoms. The number of primary amides is 2. The lowest BCUT2D eigenvalue weighted by molar-refractivity contribution is -0.141. The molecule has 0 saturated heterocycles. The quantitative estimate of drug-likeness (QED) is 0.0303. The summed E-state index contributed by atoms with van der Waals surface area (Å²) in [4.78, 5) is 130. The number of rotatable bonds is 24. The number of imide groups is 1. The molecule has 0 saturated carbocycles. The number of benzene rings is 2. The van der Waals surface area contributed by atoms with Crippen molar-refractivity contribution in [2.45, 2.75) is 77.2 Å². The molecule has 0 radical (unpaired) electrons. The molecular weight excluding hydrogens is 907 g/mol. The summed E-state index contributed by atoms with van der Waals surface area (Å²) in [5.74, 6) is -11.3. The van der Waals surface area contributed by atoms with Gasteiger partial charge in [0.15, 0.2) is 11.3 Å². The van der Waals surface area contributed by atoms with Crippen LogP contribution in [0.3, 0.4) is 0 Å². The summed E-state index contributed by atoms with van der Waals surface area (Å²) < 4.78 is 31.6. The topological polar surface area (TPSA) is 329 Å². The van der Waals surface area contributed by atoms with Crippen LogP contribution in [0.1, 0.15) is 64.3 Å². The Kier molecular flexibility index (Phi) is 18.3. The molecule has 0 bridgehead atoms. The van der Waals surface area contributed by atoms with E-state index < -0.39 is 139 Å². The number of hydrogen-bond donors (Lipinski definition) is 8. The summed E-state index contributed by atoms with van der Waals surface area (Å²) in [5, 5.41) is 19.9. The number of carbonyl (C=O) groups is 10. The monoisotopic (exact) mass is 962 g/mol. The normalized spacial score (nSPS) is 14.5. The number of halogens is 2. The van der Waals surface area contributed by atoms with E-state index in [1.54, 1.807) is 55.8 Å². The van der Waals surface area contributed by atoms with E-state index in [9.17, 15) is 57.4 Å². The third kappa shape index (κ3) is 14.4. The van der Waals surface area contributed by atoms with Gasteiger partial charge in [-0.2, -0.15) is 0 Å². The molecule has 4 atom stereocenters. The molecule has 0 fully saturated rings. The number of nitrogens with two attached hydrogens (primary N) is 3. The molecule has 11 N–H and O–H groups in total. The van der Waals surface area contributed by atoms with Gasteiger partial charge in [0.1, 0.15) is 36.9 Å². The number of aliphatic hydroxyl groups excluding tert-OH is 1. The van der Waals surface area contributed by atoms with Gasteiger partial charge >= 0.3 is 0 Å². The van der Waals surface area contributed by atoms with Crippen LogP contribution in [0.15, 0.2) is 72.9 Å². The van der Waals surface area contributed by atoms with Gasteiger partial charge in [0, 0.05) is 61.3 Å². The van der Waals surface area contributed by atoms with Gasteiger partial charge in [0.05, 0.1) is 18.9 Å². The average molecular weight is 963 g/mol. The molecule has 23 heteroatoms. The molecule has 4 rings (SSSR count). The maximum absolute atomic E-state index is 15.3. The van der Waals surface area contributed by atoms with E-state index in [0.717, 1.165) is 42.8 Å². The van der Waals surface area contributed by atoms with Crippen molar-refractivity contribution in [2.75, 3.05) is 32.8 Å². The lowest BCUT2D eigenvalue weighted by Gasteiger charge is -2.41. The molecule has 1 aliphatic heterocycles. The van der Waals surface area contributed by atoms with Crippen LogP contribution in [0.2, 0.25) is 0 Å². The fraction of sp³-hybridized carbons (Fsp3) is 0.391. The molecule has 2 heterocycles. The van der Waals surface area contributed by atoms with Crippen LogP contribution in [0, 0.1) is 17.0 Å². The smallest absolute Gasteiger partial charge is 0.254 e. The number of hydrogen-bond acceptors (Lipinski definition) is 12. The number of carbonyl (C=O) groups excluding carboxylic acids is 10.